The smallest absolute Gasteiger partial charge is 0.269 e. The number of fused-ring (bicyclic) bond motifs is 3. The fourth-order valence-corrected chi connectivity index (χ4v) is 2.79. The molecule has 130 valence electrons. The maximum Gasteiger partial charge on any atom is 0.269 e. The van der Waals surface area contributed by atoms with Crippen LogP contribution < -0.4 is 16.8 Å². The maximum absolute atomic E-state index is 12.3. The molecule has 2 heterocycles. The summed E-state index contributed by atoms with van der Waals surface area (Å²) in [5.41, 5.74) is 12.9. The minimum Gasteiger partial charge on any atom is -0.370 e. The summed E-state index contributed by atoms with van der Waals surface area (Å²) in [5.74, 6) is -0.0385. The predicted octanol–water partition coefficient (Wildman–Crippen LogP) is 1.89. The summed E-state index contributed by atoms with van der Waals surface area (Å²) in [6.07, 6.45) is 4.43. The Morgan fingerprint density at radius 2 is 1.96 bits per heavy atom. The van der Waals surface area contributed by atoms with Crippen molar-refractivity contribution in [2.45, 2.75) is 19.3 Å². The Morgan fingerprint density at radius 3 is 2.80 bits per heavy atom. The number of carbonyl (C=O) groups excluding carboxylic acids is 1. The third-order valence-electron chi connectivity index (χ3n) is 4.04. The molecule has 0 aliphatic carbocycles. The van der Waals surface area contributed by atoms with E-state index in [1.54, 1.807) is 6.20 Å². The number of benzene rings is 1. The highest BCUT2D eigenvalue weighted by Gasteiger charge is 2.10. The van der Waals surface area contributed by atoms with Crippen molar-refractivity contribution in [3.8, 4) is 0 Å². The number of para-hydroxylation sites is 1. The normalized spacial score (nSPS) is 10.9. The van der Waals surface area contributed by atoms with Gasteiger partial charge in [0.2, 0.25) is 0 Å². The molecule has 0 saturated heterocycles. The number of rotatable bonds is 7. The highest BCUT2D eigenvalue weighted by Crippen LogP contribution is 2.24. The molecular formula is C18H22N6O. The van der Waals surface area contributed by atoms with E-state index in [2.05, 4.69) is 20.3 Å². The summed E-state index contributed by atoms with van der Waals surface area (Å²) < 4.78 is 0. The van der Waals surface area contributed by atoms with Crippen LogP contribution in [0.2, 0.25) is 0 Å². The molecule has 25 heavy (non-hydrogen) atoms. The number of aromatic amines is 1. The molecule has 0 spiro atoms. The summed E-state index contributed by atoms with van der Waals surface area (Å²) in [4.78, 5) is 23.8. The first-order chi connectivity index (χ1) is 12.1. The first-order valence-electron chi connectivity index (χ1n) is 8.35. The van der Waals surface area contributed by atoms with Gasteiger partial charge >= 0.3 is 0 Å². The number of hydrogen-bond donors (Lipinski definition) is 4. The molecule has 0 atom stereocenters. The van der Waals surface area contributed by atoms with Crippen molar-refractivity contribution >= 4 is 33.7 Å². The molecule has 1 aromatic carbocycles. The Hall–Kier alpha value is -3.09. The molecule has 0 bridgehead atoms. The zero-order chi connectivity index (χ0) is 17.6. The lowest BCUT2D eigenvalue weighted by atomic mass is 10.1. The van der Waals surface area contributed by atoms with Crippen LogP contribution in [0.5, 0.6) is 0 Å². The topological polar surface area (TPSA) is 122 Å². The lowest BCUT2D eigenvalue weighted by Gasteiger charge is -2.04. The van der Waals surface area contributed by atoms with Crippen LogP contribution in [0.25, 0.3) is 21.8 Å². The summed E-state index contributed by atoms with van der Waals surface area (Å²) in [6.45, 7) is 1.23. The lowest BCUT2D eigenvalue weighted by molar-refractivity contribution is 0.0948. The van der Waals surface area contributed by atoms with Gasteiger partial charge in [-0.25, -0.2) is 4.98 Å². The van der Waals surface area contributed by atoms with Crippen LogP contribution in [0.3, 0.4) is 0 Å². The molecule has 6 N–H and O–H groups in total. The minimum absolute atomic E-state index is 0.118. The second-order valence-electron chi connectivity index (χ2n) is 5.91. The van der Waals surface area contributed by atoms with Gasteiger partial charge in [0.1, 0.15) is 5.69 Å². The van der Waals surface area contributed by atoms with Crippen LogP contribution in [0.15, 0.2) is 41.5 Å². The molecule has 3 rings (SSSR count). The number of guanidine groups is 1. The number of nitrogens with one attached hydrogen (secondary N) is 2. The molecule has 0 aliphatic heterocycles. The highest BCUT2D eigenvalue weighted by atomic mass is 16.1. The third kappa shape index (κ3) is 4.06. The van der Waals surface area contributed by atoms with Crippen LogP contribution in [-0.2, 0) is 0 Å². The van der Waals surface area contributed by atoms with Crippen molar-refractivity contribution in [2.75, 3.05) is 13.1 Å². The van der Waals surface area contributed by atoms with E-state index in [1.807, 2.05) is 30.3 Å². The second kappa shape index (κ2) is 7.65. The summed E-state index contributed by atoms with van der Waals surface area (Å²) in [5, 5.41) is 5.01. The molecule has 7 heteroatoms. The maximum atomic E-state index is 12.3. The number of amides is 1. The summed E-state index contributed by atoms with van der Waals surface area (Å²) in [6, 6.07) is 9.84. The Labute approximate surface area is 145 Å². The molecule has 2 aromatic heterocycles. The molecule has 0 aliphatic rings. The summed E-state index contributed by atoms with van der Waals surface area (Å²) in [7, 11) is 0. The molecule has 0 saturated carbocycles. The van der Waals surface area contributed by atoms with Gasteiger partial charge in [0.15, 0.2) is 5.96 Å². The van der Waals surface area contributed by atoms with Crippen LogP contribution in [0.4, 0.5) is 0 Å². The average molecular weight is 338 g/mol. The van der Waals surface area contributed by atoms with Gasteiger partial charge < -0.3 is 21.8 Å². The molecule has 0 radical (unpaired) electrons. The number of hydrogen-bond acceptors (Lipinski definition) is 3. The Bertz CT molecular complexity index is 910. The van der Waals surface area contributed by atoms with Crippen molar-refractivity contribution in [2.24, 2.45) is 16.5 Å². The van der Waals surface area contributed by atoms with Gasteiger partial charge in [0, 0.05) is 29.4 Å². The second-order valence-corrected chi connectivity index (χ2v) is 5.91. The van der Waals surface area contributed by atoms with Gasteiger partial charge in [-0.15, -0.1) is 0 Å². The van der Waals surface area contributed by atoms with Gasteiger partial charge in [0.05, 0.1) is 11.7 Å². The Morgan fingerprint density at radius 1 is 1.12 bits per heavy atom. The fourth-order valence-electron chi connectivity index (χ4n) is 2.79. The van der Waals surface area contributed by atoms with Gasteiger partial charge in [-0.05, 0) is 31.4 Å². The number of nitrogens with two attached hydrogens (primary N) is 2. The van der Waals surface area contributed by atoms with Crippen LogP contribution in [0, 0.1) is 0 Å². The highest BCUT2D eigenvalue weighted by molar-refractivity contribution is 6.09. The molecule has 7 nitrogen and oxygen atoms in total. The van der Waals surface area contributed by atoms with Gasteiger partial charge in [-0.3, -0.25) is 9.79 Å². The largest absolute Gasteiger partial charge is 0.370 e. The third-order valence-corrected chi connectivity index (χ3v) is 4.04. The minimum atomic E-state index is -0.156. The van der Waals surface area contributed by atoms with Gasteiger partial charge in [-0.1, -0.05) is 18.2 Å². The predicted molar refractivity (Wildman–Crippen MR) is 100 cm³/mol. The zero-order valence-electron chi connectivity index (χ0n) is 14.0. The van der Waals surface area contributed by atoms with Crippen molar-refractivity contribution in [3.05, 3.63) is 42.2 Å². The number of carbonyl (C=O) groups is 1. The number of H-pyrrole nitrogens is 1. The average Bonchev–Trinajstić information content (AvgIpc) is 2.98. The lowest BCUT2D eigenvalue weighted by Crippen LogP contribution is -2.25. The van der Waals surface area contributed by atoms with Crippen molar-refractivity contribution in [1.29, 1.82) is 0 Å². The van der Waals surface area contributed by atoms with Crippen molar-refractivity contribution in [1.82, 2.24) is 15.3 Å². The van der Waals surface area contributed by atoms with E-state index < -0.39 is 0 Å². The number of aromatic nitrogens is 2. The molecule has 0 unspecified atom stereocenters. The number of pyridine rings is 1. The van der Waals surface area contributed by atoms with Crippen molar-refractivity contribution in [3.63, 3.8) is 0 Å². The SMILES string of the molecule is NC(N)=NCCCCCNC(=O)c1cc2c(cn1)[nH]c1ccccc12. The molecular weight excluding hydrogens is 316 g/mol. The first kappa shape index (κ1) is 16.8. The number of aliphatic imine (C=N–C) groups is 1. The first-order valence-corrected chi connectivity index (χ1v) is 8.35. The standard InChI is InChI=1S/C18H22N6O/c19-18(20)22-9-5-1-4-8-21-17(25)15-10-13-12-6-2-3-7-14(12)24-16(13)11-23-15/h2-3,6-7,10-11,24H,1,4-5,8-9H2,(H,21,25)(H4,19,20,22). The van der Waals surface area contributed by atoms with Crippen LogP contribution >= 0.6 is 0 Å². The van der Waals surface area contributed by atoms with E-state index in [-0.39, 0.29) is 11.9 Å². The van der Waals surface area contributed by atoms with Crippen LogP contribution in [0.1, 0.15) is 29.8 Å². The van der Waals surface area contributed by atoms with Crippen LogP contribution in [-0.4, -0.2) is 34.9 Å². The van der Waals surface area contributed by atoms with E-state index in [4.69, 9.17) is 11.5 Å². The van der Waals surface area contributed by atoms with Gasteiger partial charge in [0.25, 0.3) is 5.91 Å². The van der Waals surface area contributed by atoms with Gasteiger partial charge in [-0.2, -0.15) is 0 Å². The fraction of sp³-hybridized carbons (Fsp3) is 0.278. The molecule has 1 amide bonds. The van der Waals surface area contributed by atoms with E-state index in [9.17, 15) is 4.79 Å². The summed E-state index contributed by atoms with van der Waals surface area (Å²) >= 11 is 0. The van der Waals surface area contributed by atoms with E-state index in [1.165, 1.54) is 0 Å². The van der Waals surface area contributed by atoms with E-state index in [0.29, 0.717) is 18.8 Å². The Kier molecular flexibility index (Phi) is 5.13. The van der Waals surface area contributed by atoms with E-state index in [0.717, 1.165) is 41.1 Å². The van der Waals surface area contributed by atoms with Crippen molar-refractivity contribution < 1.29 is 4.79 Å². The monoisotopic (exact) mass is 338 g/mol. The number of nitrogens with zero attached hydrogens (tertiary/aromatic N) is 2. The number of unbranched alkanes of at least 4 members (excludes halogenated alkanes) is 2. The zero-order valence-corrected chi connectivity index (χ0v) is 14.0. The quantitative estimate of drug-likeness (QED) is 0.298. The molecule has 3 aromatic rings. The van der Waals surface area contributed by atoms with E-state index >= 15 is 0 Å². The Balaban J connectivity index is 1.57. The molecule has 0 fully saturated rings.